The number of carbonyl (C=O) groups is 2. The molecule has 0 radical (unpaired) electrons. The van der Waals surface area contributed by atoms with Crippen molar-refractivity contribution in [2.75, 3.05) is 13.1 Å². The first-order valence-corrected chi connectivity index (χ1v) is 3.13. The zero-order valence-electron chi connectivity index (χ0n) is 5.78. The van der Waals surface area contributed by atoms with Gasteiger partial charge in [0, 0.05) is 13.1 Å². The van der Waals surface area contributed by atoms with E-state index in [1.807, 2.05) is 5.92 Å². The number of carbonyl (C=O) groups excluding carboxylic acids is 1. The van der Waals surface area contributed by atoms with Gasteiger partial charge in [-0.25, -0.2) is 0 Å². The van der Waals surface area contributed by atoms with Crippen LogP contribution in [0.3, 0.4) is 0 Å². The summed E-state index contributed by atoms with van der Waals surface area (Å²) in [6, 6.07) is 0. The number of hydrogen-bond acceptors (Lipinski definition) is 2. The van der Waals surface area contributed by atoms with Gasteiger partial charge in [-0.1, -0.05) is 0 Å². The summed E-state index contributed by atoms with van der Waals surface area (Å²) in [6.45, 7) is 0.497. The second kappa shape index (κ2) is 2.62. The average Bonchev–Trinajstić information content (AvgIpc) is 1.83. The molecule has 0 aliphatic carbocycles. The van der Waals surface area contributed by atoms with E-state index in [0.29, 0.717) is 0 Å². The monoisotopic (exact) mass is 153 g/mol. The third-order valence-electron chi connectivity index (χ3n) is 1.64. The van der Waals surface area contributed by atoms with Crippen LogP contribution in [-0.4, -0.2) is 35.0 Å². The highest BCUT2D eigenvalue weighted by Gasteiger charge is 2.34. The molecule has 1 heterocycles. The van der Waals surface area contributed by atoms with E-state index < -0.39 is 17.8 Å². The van der Waals surface area contributed by atoms with Crippen molar-refractivity contribution in [2.45, 2.75) is 0 Å². The fraction of sp³-hybridized carbons (Fsp3) is 0.429. The van der Waals surface area contributed by atoms with Crippen LogP contribution in [0, 0.1) is 18.3 Å². The number of hydrogen-bond donors (Lipinski definition) is 1. The number of carboxylic acid groups (broad SMARTS) is 1. The third-order valence-corrected chi connectivity index (χ3v) is 1.64. The lowest BCUT2D eigenvalue weighted by Crippen LogP contribution is -2.52. The Bertz CT molecular complexity index is 235. The first kappa shape index (κ1) is 7.61. The van der Waals surface area contributed by atoms with E-state index >= 15 is 0 Å². The predicted molar refractivity (Wildman–Crippen MR) is 36.5 cm³/mol. The maximum absolute atomic E-state index is 10.7. The van der Waals surface area contributed by atoms with Gasteiger partial charge in [0.1, 0.15) is 0 Å². The Hall–Kier alpha value is -1.50. The lowest BCUT2D eigenvalue weighted by atomic mass is 10.0. The predicted octanol–water partition coefficient (Wildman–Crippen LogP) is -0.837. The lowest BCUT2D eigenvalue weighted by Gasteiger charge is -2.34. The topological polar surface area (TPSA) is 57.6 Å². The van der Waals surface area contributed by atoms with Gasteiger partial charge in [0.05, 0.1) is 5.92 Å². The quantitative estimate of drug-likeness (QED) is 0.500. The van der Waals surface area contributed by atoms with Crippen molar-refractivity contribution < 1.29 is 14.7 Å². The summed E-state index contributed by atoms with van der Waals surface area (Å²) >= 11 is 0. The van der Waals surface area contributed by atoms with E-state index in [4.69, 9.17) is 11.5 Å². The first-order chi connectivity index (χ1) is 5.15. The molecule has 0 aromatic carbocycles. The van der Waals surface area contributed by atoms with Crippen LogP contribution in [0.1, 0.15) is 0 Å². The minimum absolute atomic E-state index is 0.248. The Kier molecular flexibility index (Phi) is 1.81. The van der Waals surface area contributed by atoms with Crippen LogP contribution in [0.25, 0.3) is 0 Å². The van der Waals surface area contributed by atoms with Gasteiger partial charge in [0.25, 0.3) is 5.91 Å². The Morgan fingerprint density at radius 1 is 1.55 bits per heavy atom. The molecule has 1 aliphatic heterocycles. The fourth-order valence-electron chi connectivity index (χ4n) is 0.892. The maximum atomic E-state index is 10.7. The molecule has 58 valence electrons. The molecule has 0 spiro atoms. The highest BCUT2D eigenvalue weighted by Crippen LogP contribution is 2.14. The van der Waals surface area contributed by atoms with Gasteiger partial charge in [-0.2, -0.15) is 0 Å². The van der Waals surface area contributed by atoms with Gasteiger partial charge in [0.2, 0.25) is 0 Å². The molecule has 4 nitrogen and oxygen atoms in total. The van der Waals surface area contributed by atoms with Crippen LogP contribution < -0.4 is 0 Å². The van der Waals surface area contributed by atoms with E-state index in [0.717, 1.165) is 0 Å². The molecule has 0 aromatic rings. The minimum Gasteiger partial charge on any atom is -0.481 e. The highest BCUT2D eigenvalue weighted by atomic mass is 16.4. The molecule has 11 heavy (non-hydrogen) atoms. The van der Waals surface area contributed by atoms with E-state index in [2.05, 4.69) is 0 Å². The highest BCUT2D eigenvalue weighted by molar-refractivity contribution is 5.94. The number of terminal acetylenes is 1. The number of nitrogens with zero attached hydrogens (tertiary/aromatic N) is 1. The van der Waals surface area contributed by atoms with Crippen LogP contribution in [0.4, 0.5) is 0 Å². The molecule has 1 saturated heterocycles. The molecule has 0 unspecified atom stereocenters. The van der Waals surface area contributed by atoms with Gasteiger partial charge in [-0.3, -0.25) is 9.59 Å². The Balaban J connectivity index is 2.37. The molecular formula is C7H7NO3. The number of carboxylic acids is 1. The van der Waals surface area contributed by atoms with Crippen molar-refractivity contribution in [3.8, 4) is 12.3 Å². The molecule has 0 atom stereocenters. The Morgan fingerprint density at radius 3 is 2.45 bits per heavy atom. The molecule has 0 saturated carbocycles. The molecule has 1 rings (SSSR count). The zero-order valence-corrected chi connectivity index (χ0v) is 5.78. The second-order valence-electron chi connectivity index (χ2n) is 2.39. The zero-order chi connectivity index (χ0) is 8.43. The first-order valence-electron chi connectivity index (χ1n) is 3.13. The summed E-state index contributed by atoms with van der Waals surface area (Å²) in [5.74, 6) is 0.199. The second-order valence-corrected chi connectivity index (χ2v) is 2.39. The molecular weight excluding hydrogens is 146 g/mol. The normalized spacial score (nSPS) is 16.8. The van der Waals surface area contributed by atoms with Crippen LogP contribution in [-0.2, 0) is 9.59 Å². The van der Waals surface area contributed by atoms with E-state index in [-0.39, 0.29) is 13.1 Å². The van der Waals surface area contributed by atoms with Crippen molar-refractivity contribution in [2.24, 2.45) is 5.92 Å². The maximum Gasteiger partial charge on any atom is 0.310 e. The summed E-state index contributed by atoms with van der Waals surface area (Å²) in [5, 5.41) is 8.42. The van der Waals surface area contributed by atoms with Crippen molar-refractivity contribution in [3.05, 3.63) is 0 Å². The molecule has 4 heteroatoms. The number of likely N-dealkylation sites (tertiary alicyclic amines) is 1. The SMILES string of the molecule is C#CC(=O)N1CC(C(=O)O)C1. The molecule has 1 fully saturated rings. The molecule has 1 amide bonds. The lowest BCUT2D eigenvalue weighted by molar-refractivity contribution is -0.150. The Labute approximate surface area is 63.8 Å². The fourth-order valence-corrected chi connectivity index (χ4v) is 0.892. The minimum atomic E-state index is -0.869. The summed E-state index contributed by atoms with van der Waals surface area (Å²) in [4.78, 5) is 22.2. The van der Waals surface area contributed by atoms with Crippen LogP contribution in [0.2, 0.25) is 0 Å². The Morgan fingerprint density at radius 2 is 2.09 bits per heavy atom. The van der Waals surface area contributed by atoms with Gasteiger partial charge < -0.3 is 10.0 Å². The molecule has 1 N–H and O–H groups in total. The van der Waals surface area contributed by atoms with Gasteiger partial charge in [0.15, 0.2) is 0 Å². The third kappa shape index (κ3) is 1.32. The standard InChI is InChI=1S/C7H7NO3/c1-2-6(9)8-3-5(4-8)7(10)11/h1,5H,3-4H2,(H,10,11). The van der Waals surface area contributed by atoms with Crippen LogP contribution in [0.15, 0.2) is 0 Å². The van der Waals surface area contributed by atoms with Crippen molar-refractivity contribution in [1.29, 1.82) is 0 Å². The largest absolute Gasteiger partial charge is 0.481 e. The number of rotatable bonds is 1. The smallest absolute Gasteiger partial charge is 0.310 e. The molecule has 1 aliphatic rings. The summed E-state index contributed by atoms with van der Waals surface area (Å²) in [5.41, 5.74) is 0. The average molecular weight is 153 g/mol. The van der Waals surface area contributed by atoms with E-state index in [1.165, 1.54) is 4.90 Å². The summed E-state index contributed by atoms with van der Waals surface area (Å²) < 4.78 is 0. The number of amides is 1. The van der Waals surface area contributed by atoms with E-state index in [1.54, 1.807) is 0 Å². The van der Waals surface area contributed by atoms with Crippen LogP contribution in [0.5, 0.6) is 0 Å². The molecule has 0 aromatic heterocycles. The summed E-state index contributed by atoms with van der Waals surface area (Å²) in [6.07, 6.45) is 4.82. The van der Waals surface area contributed by atoms with Crippen LogP contribution >= 0.6 is 0 Å². The van der Waals surface area contributed by atoms with Crippen molar-refractivity contribution in [3.63, 3.8) is 0 Å². The van der Waals surface area contributed by atoms with Gasteiger partial charge in [-0.15, -0.1) is 6.42 Å². The number of aliphatic carboxylic acids is 1. The van der Waals surface area contributed by atoms with Gasteiger partial charge >= 0.3 is 5.97 Å². The molecule has 0 bridgehead atoms. The van der Waals surface area contributed by atoms with Crippen molar-refractivity contribution >= 4 is 11.9 Å². The van der Waals surface area contributed by atoms with Gasteiger partial charge in [-0.05, 0) is 5.92 Å². The van der Waals surface area contributed by atoms with E-state index in [9.17, 15) is 9.59 Å². The van der Waals surface area contributed by atoms with Crippen molar-refractivity contribution in [1.82, 2.24) is 4.90 Å². The summed E-state index contributed by atoms with van der Waals surface area (Å²) in [7, 11) is 0.